The zero-order chi connectivity index (χ0) is 21.8. The minimum absolute atomic E-state index is 0.00478. The molecule has 0 aromatic heterocycles. The molecule has 0 aliphatic carbocycles. The van der Waals surface area contributed by atoms with Crippen molar-refractivity contribution in [3.8, 4) is 0 Å². The van der Waals surface area contributed by atoms with E-state index >= 15 is 0 Å². The third-order valence-electron chi connectivity index (χ3n) is 5.02. The Bertz CT molecular complexity index is 533. The van der Waals surface area contributed by atoms with E-state index in [-0.39, 0.29) is 13.2 Å². The van der Waals surface area contributed by atoms with Crippen LogP contribution in [-0.4, -0.2) is 121 Å². The van der Waals surface area contributed by atoms with Gasteiger partial charge in [-0.2, -0.15) is 0 Å². The van der Waals surface area contributed by atoms with E-state index in [0.717, 1.165) is 6.92 Å². The first-order chi connectivity index (χ1) is 13.7. The van der Waals surface area contributed by atoms with Gasteiger partial charge in [-0.15, -0.1) is 0 Å². The minimum Gasteiger partial charge on any atom is -0.460 e. The zero-order valence-corrected chi connectivity index (χ0v) is 16.5. The molecule has 2 saturated heterocycles. The Morgan fingerprint density at radius 2 is 1.62 bits per heavy atom. The molecule has 12 nitrogen and oxygen atoms in total. The van der Waals surface area contributed by atoms with Crippen molar-refractivity contribution in [2.24, 2.45) is 5.92 Å². The first-order valence-corrected chi connectivity index (χ1v) is 9.16. The smallest absolute Gasteiger partial charge is 0.302 e. The van der Waals surface area contributed by atoms with Crippen LogP contribution in [0.1, 0.15) is 6.92 Å². The first-order valence-electron chi connectivity index (χ1n) is 9.16. The third-order valence-corrected chi connectivity index (χ3v) is 5.02. The molecule has 2 aliphatic heterocycles. The predicted octanol–water partition coefficient (Wildman–Crippen LogP) is -3.27. The van der Waals surface area contributed by atoms with E-state index in [1.807, 2.05) is 0 Å². The molecule has 0 saturated carbocycles. The molecular formula is C17H30O12. The molecule has 12 heteroatoms. The summed E-state index contributed by atoms with van der Waals surface area (Å²) in [6.07, 6.45) is -9.72. The van der Waals surface area contributed by atoms with Crippen LogP contribution in [0.2, 0.25) is 0 Å². The molecule has 0 aromatic carbocycles. The third kappa shape index (κ3) is 5.22. The van der Waals surface area contributed by atoms with Gasteiger partial charge in [0.15, 0.2) is 6.29 Å². The molecule has 2 rings (SSSR count). The van der Waals surface area contributed by atoms with Gasteiger partial charge in [0.25, 0.3) is 0 Å². The van der Waals surface area contributed by atoms with Crippen molar-refractivity contribution >= 4 is 5.97 Å². The Kier molecular flexibility index (Phi) is 8.72. The maximum Gasteiger partial charge on any atom is 0.302 e. The Labute approximate surface area is 167 Å². The molecule has 7 unspecified atom stereocenters. The monoisotopic (exact) mass is 426 g/mol. The van der Waals surface area contributed by atoms with Crippen LogP contribution < -0.4 is 0 Å². The van der Waals surface area contributed by atoms with Gasteiger partial charge in [0, 0.05) is 27.1 Å². The lowest BCUT2D eigenvalue weighted by Crippen LogP contribution is -2.62. The van der Waals surface area contributed by atoms with Crippen LogP contribution >= 0.6 is 0 Å². The maximum atomic E-state index is 11.3. The summed E-state index contributed by atoms with van der Waals surface area (Å²) in [4.78, 5) is 11.3. The Hall–Kier alpha value is -0.930. The second-order valence-electron chi connectivity index (χ2n) is 7.08. The summed E-state index contributed by atoms with van der Waals surface area (Å²) in [7, 11) is 2.76. The molecule has 170 valence electrons. The molecule has 9 atom stereocenters. The van der Waals surface area contributed by atoms with Crippen molar-refractivity contribution in [3.05, 3.63) is 0 Å². The highest BCUT2D eigenvalue weighted by Crippen LogP contribution is 2.39. The summed E-state index contributed by atoms with van der Waals surface area (Å²) < 4.78 is 31.9. The van der Waals surface area contributed by atoms with Gasteiger partial charge < -0.3 is 54.0 Å². The highest BCUT2D eigenvalue weighted by atomic mass is 16.8. The van der Waals surface area contributed by atoms with Crippen LogP contribution in [0.25, 0.3) is 0 Å². The van der Waals surface area contributed by atoms with E-state index in [1.54, 1.807) is 0 Å². The zero-order valence-electron chi connectivity index (χ0n) is 16.5. The number of hydrogen-bond donors (Lipinski definition) is 5. The van der Waals surface area contributed by atoms with E-state index in [0.29, 0.717) is 0 Å². The van der Waals surface area contributed by atoms with Gasteiger partial charge in [0.1, 0.15) is 37.1 Å². The van der Waals surface area contributed by atoms with Gasteiger partial charge in [0.05, 0.1) is 25.9 Å². The second kappa shape index (κ2) is 10.4. The predicted molar refractivity (Wildman–Crippen MR) is 92.3 cm³/mol. The molecule has 5 N–H and O–H groups in total. The number of aliphatic hydroxyl groups excluding tert-OH is 5. The fourth-order valence-corrected chi connectivity index (χ4v) is 3.45. The van der Waals surface area contributed by atoms with Gasteiger partial charge in [-0.3, -0.25) is 4.79 Å². The van der Waals surface area contributed by atoms with E-state index in [4.69, 9.17) is 28.4 Å². The summed E-state index contributed by atoms with van der Waals surface area (Å²) in [6.45, 7) is -0.0414. The maximum absolute atomic E-state index is 11.3. The van der Waals surface area contributed by atoms with Crippen LogP contribution in [0.15, 0.2) is 0 Å². The van der Waals surface area contributed by atoms with Crippen molar-refractivity contribution < 1.29 is 58.7 Å². The SMILES string of the molecule is COCC1OC(COC(C)=O)(O[C@@H]2OC(COC)[C@H](O)C(O)C2O)C(O)C1CO. The normalized spacial score (nSPS) is 42.8. The van der Waals surface area contributed by atoms with Crippen LogP contribution in [-0.2, 0) is 33.2 Å². The number of hydrogen-bond acceptors (Lipinski definition) is 12. The molecule has 29 heavy (non-hydrogen) atoms. The average Bonchev–Trinajstić information content (AvgIpc) is 2.94. The minimum atomic E-state index is -2.02. The molecule has 2 aliphatic rings. The Morgan fingerprint density at radius 3 is 2.17 bits per heavy atom. The lowest BCUT2D eigenvalue weighted by Gasteiger charge is -2.43. The lowest BCUT2D eigenvalue weighted by molar-refractivity contribution is -0.384. The van der Waals surface area contributed by atoms with Gasteiger partial charge in [-0.1, -0.05) is 0 Å². The Morgan fingerprint density at radius 1 is 1.00 bits per heavy atom. The molecule has 2 fully saturated rings. The van der Waals surface area contributed by atoms with Crippen molar-refractivity contribution in [2.45, 2.75) is 55.6 Å². The number of ether oxygens (including phenoxy) is 6. The van der Waals surface area contributed by atoms with E-state index in [2.05, 4.69) is 0 Å². The van der Waals surface area contributed by atoms with Crippen molar-refractivity contribution in [1.82, 2.24) is 0 Å². The number of esters is 1. The molecule has 0 bridgehead atoms. The number of carbonyl (C=O) groups is 1. The number of carbonyl (C=O) groups excluding carboxylic acids is 1. The van der Waals surface area contributed by atoms with E-state index in [1.165, 1.54) is 14.2 Å². The van der Waals surface area contributed by atoms with Gasteiger partial charge in [-0.25, -0.2) is 0 Å². The van der Waals surface area contributed by atoms with Crippen molar-refractivity contribution in [1.29, 1.82) is 0 Å². The fourth-order valence-electron chi connectivity index (χ4n) is 3.45. The largest absolute Gasteiger partial charge is 0.460 e. The summed E-state index contributed by atoms with van der Waals surface area (Å²) in [5.74, 6) is -3.55. The first kappa shape index (κ1) is 24.3. The van der Waals surface area contributed by atoms with Crippen LogP contribution in [0.3, 0.4) is 0 Å². The summed E-state index contributed by atoms with van der Waals surface area (Å²) >= 11 is 0. The van der Waals surface area contributed by atoms with Crippen LogP contribution in [0.4, 0.5) is 0 Å². The lowest BCUT2D eigenvalue weighted by atomic mass is 9.95. The van der Waals surface area contributed by atoms with Gasteiger partial charge in [-0.05, 0) is 0 Å². The van der Waals surface area contributed by atoms with E-state index in [9.17, 15) is 30.3 Å². The molecule has 0 spiro atoms. The number of methoxy groups -OCH3 is 2. The molecule has 0 amide bonds. The average molecular weight is 426 g/mol. The quantitative estimate of drug-likeness (QED) is 0.233. The summed E-state index contributed by atoms with van der Waals surface area (Å²) in [6, 6.07) is 0. The number of aliphatic hydroxyl groups is 5. The van der Waals surface area contributed by atoms with Gasteiger partial charge >= 0.3 is 5.97 Å². The highest BCUT2D eigenvalue weighted by Gasteiger charge is 2.59. The van der Waals surface area contributed by atoms with Gasteiger partial charge in [0.2, 0.25) is 5.79 Å². The van der Waals surface area contributed by atoms with Crippen LogP contribution in [0.5, 0.6) is 0 Å². The number of rotatable bonds is 9. The molecule has 0 aromatic rings. The fraction of sp³-hybridized carbons (Fsp3) is 0.941. The summed E-state index contributed by atoms with van der Waals surface area (Å²) in [5, 5.41) is 50.9. The molecule has 0 radical (unpaired) electrons. The molecular weight excluding hydrogens is 396 g/mol. The van der Waals surface area contributed by atoms with Crippen LogP contribution in [0, 0.1) is 5.92 Å². The van der Waals surface area contributed by atoms with E-state index < -0.39 is 73.8 Å². The van der Waals surface area contributed by atoms with Crippen molar-refractivity contribution in [3.63, 3.8) is 0 Å². The van der Waals surface area contributed by atoms with Crippen molar-refractivity contribution in [2.75, 3.05) is 40.6 Å². The second-order valence-corrected chi connectivity index (χ2v) is 7.08. The Balaban J connectivity index is 2.29. The summed E-state index contributed by atoms with van der Waals surface area (Å²) in [5.41, 5.74) is 0. The molecule has 2 heterocycles. The topological polar surface area (TPSA) is 174 Å². The highest BCUT2D eigenvalue weighted by molar-refractivity contribution is 5.65. The standard InChI is InChI=1S/C17H30O12/c1-8(19)26-7-17(15(23)9(4-18)10(28-17)5-24-2)29-16-14(22)13(21)12(20)11(27-16)6-25-3/h9-16,18,20-23H,4-7H2,1-3H3/t9?,10?,11?,12-,13?,14?,15?,16-,17?/m0/s1.